The number of hydrogen-bond donors (Lipinski definition) is 2. The van der Waals surface area contributed by atoms with E-state index in [2.05, 4.69) is 22.1 Å². The van der Waals surface area contributed by atoms with Gasteiger partial charge in [-0.25, -0.2) is 4.98 Å². The Kier molecular flexibility index (Phi) is 8.41. The Bertz CT molecular complexity index is 620. The molecule has 4 rings (SSSR count). The Labute approximate surface area is 181 Å². The summed E-state index contributed by atoms with van der Waals surface area (Å²) in [6.45, 7) is 4.43. The van der Waals surface area contributed by atoms with Gasteiger partial charge in [0.2, 0.25) is 0 Å². The standard InChI is InChI=1S/C21H32N4O.2ClH/c1-14-7-9-25(10-8-14)19-6-5-17(13-23-19)21(26)24-20-15-3-2-4-16(20)12-18(22)11-15;;/h5-6,13-16,18,20H,2-4,7-12,22H2,1H3,(H,24,26);2*1H. The molecule has 1 amide bonds. The summed E-state index contributed by atoms with van der Waals surface area (Å²) in [4.78, 5) is 19.7. The zero-order valence-electron chi connectivity index (χ0n) is 16.7. The molecule has 3 fully saturated rings. The van der Waals surface area contributed by atoms with Crippen LogP contribution in [0.1, 0.15) is 62.2 Å². The van der Waals surface area contributed by atoms with E-state index in [1.54, 1.807) is 6.20 Å². The first-order valence-corrected chi connectivity index (χ1v) is 10.4. The number of anilines is 1. The predicted molar refractivity (Wildman–Crippen MR) is 119 cm³/mol. The number of carbonyl (C=O) groups excluding carboxylic acids is 1. The van der Waals surface area contributed by atoms with E-state index in [0.29, 0.717) is 29.5 Å². The maximum atomic E-state index is 12.8. The van der Waals surface area contributed by atoms with Crippen molar-refractivity contribution in [1.82, 2.24) is 10.3 Å². The monoisotopic (exact) mass is 428 g/mol. The quantitative estimate of drug-likeness (QED) is 0.767. The van der Waals surface area contributed by atoms with Crippen LogP contribution < -0.4 is 16.0 Å². The van der Waals surface area contributed by atoms with Crippen LogP contribution >= 0.6 is 24.8 Å². The summed E-state index contributed by atoms with van der Waals surface area (Å²) in [6, 6.07) is 4.54. The van der Waals surface area contributed by atoms with Crippen molar-refractivity contribution in [3.8, 4) is 0 Å². The SMILES string of the molecule is CC1CCN(c2ccc(C(=O)NC3C4CCCC3CC(N)C4)cn2)CC1.Cl.Cl. The van der Waals surface area contributed by atoms with Crippen LogP contribution in [0.25, 0.3) is 0 Å². The molecule has 2 unspecified atom stereocenters. The zero-order valence-corrected chi connectivity index (χ0v) is 18.3. The molecule has 158 valence electrons. The molecule has 0 spiro atoms. The second kappa shape index (κ2) is 10.1. The van der Waals surface area contributed by atoms with Crippen molar-refractivity contribution in [2.45, 2.75) is 64.0 Å². The lowest BCUT2D eigenvalue weighted by Gasteiger charge is -2.45. The maximum absolute atomic E-state index is 12.8. The third-order valence-corrected chi connectivity index (χ3v) is 6.79. The molecule has 7 heteroatoms. The van der Waals surface area contributed by atoms with Gasteiger partial charge in [-0.05, 0) is 68.4 Å². The van der Waals surface area contributed by atoms with E-state index in [0.717, 1.165) is 37.7 Å². The fourth-order valence-corrected chi connectivity index (χ4v) is 5.20. The summed E-state index contributed by atoms with van der Waals surface area (Å²) < 4.78 is 0. The molecule has 2 aliphatic carbocycles. The van der Waals surface area contributed by atoms with E-state index in [1.165, 1.54) is 32.1 Å². The second-order valence-electron chi connectivity index (χ2n) is 8.76. The smallest absolute Gasteiger partial charge is 0.253 e. The highest BCUT2D eigenvalue weighted by atomic mass is 35.5. The number of nitrogens with two attached hydrogens (primary N) is 1. The Hall–Kier alpha value is -1.04. The van der Waals surface area contributed by atoms with Crippen LogP contribution in [0.2, 0.25) is 0 Å². The minimum Gasteiger partial charge on any atom is -0.357 e. The lowest BCUT2D eigenvalue weighted by atomic mass is 9.67. The molecule has 1 aliphatic heterocycles. The Balaban J connectivity index is 0.00000140. The molecule has 3 N–H and O–H groups in total. The van der Waals surface area contributed by atoms with Crippen molar-refractivity contribution in [1.29, 1.82) is 0 Å². The van der Waals surface area contributed by atoms with E-state index in [1.807, 2.05) is 12.1 Å². The summed E-state index contributed by atoms with van der Waals surface area (Å²) in [5, 5.41) is 3.31. The summed E-state index contributed by atoms with van der Waals surface area (Å²) in [6.07, 6.45) is 9.94. The summed E-state index contributed by atoms with van der Waals surface area (Å²) in [7, 11) is 0. The average molecular weight is 429 g/mol. The van der Waals surface area contributed by atoms with Gasteiger partial charge in [0, 0.05) is 31.4 Å². The molecular formula is C21H34Cl2N4O. The molecule has 0 radical (unpaired) electrons. The van der Waals surface area contributed by atoms with E-state index in [-0.39, 0.29) is 30.7 Å². The molecule has 2 atom stereocenters. The van der Waals surface area contributed by atoms with Crippen molar-refractivity contribution in [2.75, 3.05) is 18.0 Å². The molecule has 2 bridgehead atoms. The number of fused-ring (bicyclic) bond motifs is 2. The largest absolute Gasteiger partial charge is 0.357 e. The molecule has 1 aromatic heterocycles. The number of carbonyl (C=O) groups is 1. The van der Waals surface area contributed by atoms with Crippen LogP contribution in [0.5, 0.6) is 0 Å². The number of amides is 1. The van der Waals surface area contributed by atoms with E-state index in [4.69, 9.17) is 5.73 Å². The Morgan fingerprint density at radius 1 is 1.11 bits per heavy atom. The predicted octanol–water partition coefficient (Wildman–Crippen LogP) is 3.80. The van der Waals surface area contributed by atoms with Crippen LogP contribution in [-0.2, 0) is 0 Å². The Morgan fingerprint density at radius 3 is 2.32 bits per heavy atom. The van der Waals surface area contributed by atoms with E-state index >= 15 is 0 Å². The molecular weight excluding hydrogens is 395 g/mol. The van der Waals surface area contributed by atoms with Crippen LogP contribution in [0.3, 0.4) is 0 Å². The fourth-order valence-electron chi connectivity index (χ4n) is 5.20. The van der Waals surface area contributed by atoms with Gasteiger partial charge in [-0.3, -0.25) is 4.79 Å². The lowest BCUT2D eigenvalue weighted by molar-refractivity contribution is 0.0755. The first kappa shape index (κ1) is 23.2. The number of rotatable bonds is 3. The van der Waals surface area contributed by atoms with Crippen molar-refractivity contribution < 1.29 is 4.79 Å². The molecule has 2 saturated carbocycles. The van der Waals surface area contributed by atoms with Gasteiger partial charge in [0.25, 0.3) is 5.91 Å². The Morgan fingerprint density at radius 2 is 1.75 bits per heavy atom. The van der Waals surface area contributed by atoms with Gasteiger partial charge in [0.15, 0.2) is 0 Å². The number of hydrogen-bond acceptors (Lipinski definition) is 4. The third kappa shape index (κ3) is 5.11. The fraction of sp³-hybridized carbons (Fsp3) is 0.714. The number of aromatic nitrogens is 1. The number of piperidine rings is 1. The summed E-state index contributed by atoms with van der Waals surface area (Å²) in [5.74, 6) is 2.91. The molecule has 3 aliphatic rings. The van der Waals surface area contributed by atoms with Crippen LogP contribution in [-0.4, -0.2) is 36.1 Å². The molecule has 1 saturated heterocycles. The first-order chi connectivity index (χ1) is 12.6. The van der Waals surface area contributed by atoms with Gasteiger partial charge in [-0.15, -0.1) is 24.8 Å². The summed E-state index contributed by atoms with van der Waals surface area (Å²) >= 11 is 0. The van der Waals surface area contributed by atoms with E-state index < -0.39 is 0 Å². The van der Waals surface area contributed by atoms with Crippen LogP contribution in [0, 0.1) is 17.8 Å². The molecule has 28 heavy (non-hydrogen) atoms. The number of halogens is 2. The highest BCUT2D eigenvalue weighted by Gasteiger charge is 2.40. The first-order valence-electron chi connectivity index (χ1n) is 10.4. The highest BCUT2D eigenvalue weighted by molar-refractivity contribution is 5.94. The van der Waals surface area contributed by atoms with Gasteiger partial charge in [-0.1, -0.05) is 13.3 Å². The van der Waals surface area contributed by atoms with Crippen LogP contribution in [0.4, 0.5) is 5.82 Å². The minimum absolute atomic E-state index is 0. The zero-order chi connectivity index (χ0) is 18.1. The van der Waals surface area contributed by atoms with Gasteiger partial charge in [0.05, 0.1) is 5.56 Å². The molecule has 2 heterocycles. The minimum atomic E-state index is 0. The second-order valence-corrected chi connectivity index (χ2v) is 8.76. The highest BCUT2D eigenvalue weighted by Crippen LogP contribution is 2.39. The third-order valence-electron chi connectivity index (χ3n) is 6.79. The van der Waals surface area contributed by atoms with Crippen molar-refractivity contribution in [3.05, 3.63) is 23.9 Å². The van der Waals surface area contributed by atoms with Gasteiger partial charge in [0.1, 0.15) is 5.82 Å². The topological polar surface area (TPSA) is 71.2 Å². The van der Waals surface area contributed by atoms with Crippen molar-refractivity contribution in [2.24, 2.45) is 23.5 Å². The van der Waals surface area contributed by atoms with Crippen molar-refractivity contribution in [3.63, 3.8) is 0 Å². The average Bonchev–Trinajstić information content (AvgIpc) is 2.63. The van der Waals surface area contributed by atoms with E-state index in [9.17, 15) is 4.79 Å². The van der Waals surface area contributed by atoms with Gasteiger partial charge in [-0.2, -0.15) is 0 Å². The van der Waals surface area contributed by atoms with Gasteiger partial charge < -0.3 is 16.0 Å². The van der Waals surface area contributed by atoms with Crippen molar-refractivity contribution >= 4 is 36.5 Å². The van der Waals surface area contributed by atoms with Crippen LogP contribution in [0.15, 0.2) is 18.3 Å². The number of pyridine rings is 1. The number of nitrogens with one attached hydrogen (secondary N) is 1. The molecule has 5 nitrogen and oxygen atoms in total. The number of nitrogens with zero attached hydrogens (tertiary/aromatic N) is 2. The summed E-state index contributed by atoms with van der Waals surface area (Å²) in [5.41, 5.74) is 6.87. The normalized spacial score (nSPS) is 30.0. The lowest BCUT2D eigenvalue weighted by Crippen LogP contribution is -2.53. The molecule has 0 aromatic carbocycles. The van der Waals surface area contributed by atoms with Gasteiger partial charge >= 0.3 is 0 Å². The molecule has 1 aromatic rings. The maximum Gasteiger partial charge on any atom is 0.253 e.